The van der Waals surface area contributed by atoms with E-state index in [0.717, 1.165) is 17.7 Å². The molecule has 2 aliphatic rings. The molecule has 6 nitrogen and oxygen atoms in total. The van der Waals surface area contributed by atoms with Crippen LogP contribution in [-0.4, -0.2) is 48.7 Å². The molecule has 2 heterocycles. The zero-order valence-electron chi connectivity index (χ0n) is 17.1. The fraction of sp³-hybridized carbons (Fsp3) is 0.391. The van der Waals surface area contributed by atoms with E-state index in [-0.39, 0.29) is 32.7 Å². The second kappa shape index (κ2) is 9.60. The smallest absolute Gasteiger partial charge is 0.410 e. The van der Waals surface area contributed by atoms with Crippen LogP contribution in [0.5, 0.6) is 5.75 Å². The van der Waals surface area contributed by atoms with E-state index in [1.165, 1.54) is 6.07 Å². The molecule has 2 bridgehead atoms. The second-order valence-electron chi connectivity index (χ2n) is 7.82. The molecule has 9 heteroatoms. The lowest BCUT2D eigenvalue weighted by atomic mass is 9.80. The van der Waals surface area contributed by atoms with Crippen LogP contribution in [0.15, 0.2) is 48.5 Å². The Morgan fingerprint density at radius 3 is 2.38 bits per heavy atom. The van der Waals surface area contributed by atoms with Crippen molar-refractivity contribution in [2.75, 3.05) is 13.2 Å². The van der Waals surface area contributed by atoms with E-state index in [1.807, 2.05) is 30.3 Å². The van der Waals surface area contributed by atoms with Crippen molar-refractivity contribution in [2.24, 2.45) is 5.92 Å². The lowest BCUT2D eigenvalue weighted by molar-refractivity contribution is -0.0757. The Balaban J connectivity index is 1.48. The molecule has 2 aromatic rings. The van der Waals surface area contributed by atoms with Gasteiger partial charge in [0.1, 0.15) is 18.2 Å². The van der Waals surface area contributed by atoms with E-state index in [2.05, 4.69) is 4.74 Å². The van der Waals surface area contributed by atoms with E-state index in [9.17, 15) is 22.8 Å². The van der Waals surface area contributed by atoms with Gasteiger partial charge in [-0.1, -0.05) is 36.4 Å². The summed E-state index contributed by atoms with van der Waals surface area (Å²) in [6.45, 7) is -2.66. The number of Topliss-reactive ketones (excluding diaryl/α,β-unsaturated/α-hetero) is 1. The van der Waals surface area contributed by atoms with Gasteiger partial charge in [-0.05, 0) is 30.5 Å². The number of piperidine rings is 1. The summed E-state index contributed by atoms with van der Waals surface area (Å²) in [5, 5.41) is 0. The van der Waals surface area contributed by atoms with Crippen molar-refractivity contribution < 1.29 is 37.0 Å². The Kier molecular flexibility index (Phi) is 6.64. The van der Waals surface area contributed by atoms with E-state index < -0.39 is 53.6 Å². The molecule has 0 spiro atoms. The standard InChI is InChI=1S/C23H22F3NO5/c24-18-7-4-8-19(32-22(25)26)20(18)21(28)15-9-16-12-30-13-17(10-15)27(16)23(29)31-11-14-5-2-1-3-6-14/h1-8,15-17,22H,9-13H2. The van der Waals surface area contributed by atoms with Gasteiger partial charge in [-0.3, -0.25) is 9.69 Å². The number of hydrogen-bond donors (Lipinski definition) is 0. The first-order chi connectivity index (χ1) is 15.4. The number of rotatable bonds is 6. The third-order valence-electron chi connectivity index (χ3n) is 5.75. The Morgan fingerprint density at radius 2 is 1.72 bits per heavy atom. The van der Waals surface area contributed by atoms with E-state index in [4.69, 9.17) is 9.47 Å². The number of halogens is 3. The third kappa shape index (κ3) is 4.72. The van der Waals surface area contributed by atoms with Crippen molar-refractivity contribution in [1.29, 1.82) is 0 Å². The molecule has 0 aromatic heterocycles. The van der Waals surface area contributed by atoms with Gasteiger partial charge in [-0.2, -0.15) is 8.78 Å². The molecule has 2 aromatic carbocycles. The quantitative estimate of drug-likeness (QED) is 0.611. The largest absolute Gasteiger partial charge is 0.445 e. The monoisotopic (exact) mass is 449 g/mol. The Hall–Kier alpha value is -3.07. The van der Waals surface area contributed by atoms with Crippen LogP contribution >= 0.6 is 0 Å². The van der Waals surface area contributed by atoms with Gasteiger partial charge < -0.3 is 14.2 Å². The van der Waals surface area contributed by atoms with Gasteiger partial charge in [0.05, 0.1) is 30.9 Å². The molecule has 170 valence electrons. The first kappa shape index (κ1) is 22.1. The minimum atomic E-state index is -3.18. The van der Waals surface area contributed by atoms with Crippen molar-refractivity contribution in [2.45, 2.75) is 38.1 Å². The highest BCUT2D eigenvalue weighted by Crippen LogP contribution is 2.36. The molecule has 0 N–H and O–H groups in total. The molecule has 1 amide bonds. The predicted octanol–water partition coefficient (Wildman–Crippen LogP) is 4.43. The minimum absolute atomic E-state index is 0.113. The number of carbonyl (C=O) groups is 2. The number of ether oxygens (including phenoxy) is 3. The van der Waals surface area contributed by atoms with Crippen molar-refractivity contribution in [3.05, 3.63) is 65.5 Å². The van der Waals surface area contributed by atoms with E-state index >= 15 is 0 Å². The summed E-state index contributed by atoms with van der Waals surface area (Å²) in [5.41, 5.74) is 0.357. The number of morpholine rings is 1. The summed E-state index contributed by atoms with van der Waals surface area (Å²) < 4.78 is 55.2. The van der Waals surface area contributed by atoms with Gasteiger partial charge >= 0.3 is 12.7 Å². The molecule has 2 saturated heterocycles. The van der Waals surface area contributed by atoms with Gasteiger partial charge in [0.2, 0.25) is 0 Å². The van der Waals surface area contributed by atoms with Crippen molar-refractivity contribution in [3.8, 4) is 5.75 Å². The Morgan fingerprint density at radius 1 is 1.03 bits per heavy atom. The van der Waals surface area contributed by atoms with Crippen molar-refractivity contribution in [3.63, 3.8) is 0 Å². The number of carbonyl (C=O) groups excluding carboxylic acids is 2. The predicted molar refractivity (Wildman–Crippen MR) is 107 cm³/mol. The summed E-state index contributed by atoms with van der Waals surface area (Å²) in [5.74, 6) is -2.69. The lowest BCUT2D eigenvalue weighted by Gasteiger charge is -2.47. The van der Waals surface area contributed by atoms with E-state index in [0.29, 0.717) is 0 Å². The van der Waals surface area contributed by atoms with Crippen molar-refractivity contribution in [1.82, 2.24) is 4.90 Å². The van der Waals surface area contributed by atoms with Crippen LogP contribution in [0.3, 0.4) is 0 Å². The highest BCUT2D eigenvalue weighted by Gasteiger charge is 2.45. The van der Waals surface area contributed by atoms with Crippen LogP contribution in [-0.2, 0) is 16.1 Å². The van der Waals surface area contributed by atoms with Gasteiger partial charge in [0, 0.05) is 5.92 Å². The zero-order chi connectivity index (χ0) is 22.7. The summed E-state index contributed by atoms with van der Waals surface area (Å²) >= 11 is 0. The minimum Gasteiger partial charge on any atom is -0.445 e. The molecule has 2 unspecified atom stereocenters. The first-order valence-corrected chi connectivity index (χ1v) is 10.3. The lowest BCUT2D eigenvalue weighted by Crippen LogP contribution is -2.60. The molecule has 2 atom stereocenters. The van der Waals surface area contributed by atoms with Gasteiger partial charge in [-0.15, -0.1) is 0 Å². The highest BCUT2D eigenvalue weighted by molar-refractivity contribution is 6.00. The zero-order valence-corrected chi connectivity index (χ0v) is 17.1. The maximum Gasteiger partial charge on any atom is 0.410 e. The maximum atomic E-state index is 14.4. The van der Waals surface area contributed by atoms with Crippen LogP contribution in [0, 0.1) is 11.7 Å². The molecular weight excluding hydrogens is 427 g/mol. The SMILES string of the molecule is O=C(c1c(F)cccc1OC(F)F)C1CC2COCC(C1)N2C(=O)OCc1ccccc1. The molecule has 2 fully saturated rings. The third-order valence-corrected chi connectivity index (χ3v) is 5.75. The molecule has 0 saturated carbocycles. The molecule has 4 rings (SSSR count). The normalized spacial score (nSPS) is 22.5. The van der Waals surface area contributed by atoms with Crippen LogP contribution in [0.1, 0.15) is 28.8 Å². The number of fused-ring (bicyclic) bond motifs is 2. The number of alkyl halides is 2. The highest BCUT2D eigenvalue weighted by atomic mass is 19.3. The Bertz CT molecular complexity index is 957. The average molecular weight is 449 g/mol. The molecule has 32 heavy (non-hydrogen) atoms. The van der Waals surface area contributed by atoms with Crippen molar-refractivity contribution >= 4 is 11.9 Å². The molecular formula is C23H22F3NO5. The Labute approximate surface area is 182 Å². The molecule has 0 aliphatic carbocycles. The molecule has 2 aliphatic heterocycles. The van der Waals surface area contributed by atoms with Crippen LogP contribution in [0.4, 0.5) is 18.0 Å². The average Bonchev–Trinajstić information content (AvgIpc) is 2.76. The number of hydrogen-bond acceptors (Lipinski definition) is 5. The fourth-order valence-corrected chi connectivity index (χ4v) is 4.36. The summed E-state index contributed by atoms with van der Waals surface area (Å²) in [6, 6.07) is 11.7. The number of ketones is 1. The van der Waals surface area contributed by atoms with Gasteiger partial charge in [0.15, 0.2) is 5.78 Å². The van der Waals surface area contributed by atoms with Crippen LogP contribution in [0.25, 0.3) is 0 Å². The van der Waals surface area contributed by atoms with Gasteiger partial charge in [0.25, 0.3) is 0 Å². The summed E-state index contributed by atoms with van der Waals surface area (Å²) in [4.78, 5) is 27.4. The van der Waals surface area contributed by atoms with Gasteiger partial charge in [-0.25, -0.2) is 9.18 Å². The second-order valence-corrected chi connectivity index (χ2v) is 7.82. The number of nitrogens with zero attached hydrogens (tertiary/aromatic N) is 1. The fourth-order valence-electron chi connectivity index (χ4n) is 4.36. The first-order valence-electron chi connectivity index (χ1n) is 10.3. The number of benzene rings is 2. The molecule has 0 radical (unpaired) electrons. The maximum absolute atomic E-state index is 14.4. The van der Waals surface area contributed by atoms with Crippen LogP contribution < -0.4 is 4.74 Å². The summed E-state index contributed by atoms with van der Waals surface area (Å²) in [6.07, 6.45) is -0.0955. The topological polar surface area (TPSA) is 65.1 Å². The number of amides is 1. The van der Waals surface area contributed by atoms with Crippen LogP contribution in [0.2, 0.25) is 0 Å². The van der Waals surface area contributed by atoms with E-state index in [1.54, 1.807) is 4.90 Å². The summed E-state index contributed by atoms with van der Waals surface area (Å²) in [7, 11) is 0.